The van der Waals surface area contributed by atoms with Crippen LogP contribution in [0.5, 0.6) is 0 Å². The number of rotatable bonds is 7. The number of methoxy groups -OCH3 is 1. The highest BCUT2D eigenvalue weighted by atomic mass is 16.5. The van der Waals surface area contributed by atoms with Gasteiger partial charge < -0.3 is 20.3 Å². The van der Waals surface area contributed by atoms with E-state index < -0.39 is 0 Å². The second-order valence-corrected chi connectivity index (χ2v) is 7.18. The molecule has 0 aliphatic carbocycles. The first kappa shape index (κ1) is 20.2. The number of piperidine rings is 1. The van der Waals surface area contributed by atoms with Crippen molar-refractivity contribution in [2.45, 2.75) is 39.2 Å². The van der Waals surface area contributed by atoms with Gasteiger partial charge in [-0.15, -0.1) is 0 Å². The van der Waals surface area contributed by atoms with Gasteiger partial charge >= 0.3 is 6.03 Å². The average molecular weight is 361 g/mol. The highest BCUT2D eigenvalue weighted by molar-refractivity contribution is 5.94. The number of carbonyl (C=O) groups excluding carboxylic acids is 2. The molecule has 6 nitrogen and oxygen atoms in total. The first-order valence-electron chi connectivity index (χ1n) is 9.41. The molecule has 1 aliphatic heterocycles. The van der Waals surface area contributed by atoms with Gasteiger partial charge in [0.15, 0.2) is 0 Å². The third kappa shape index (κ3) is 6.33. The monoisotopic (exact) mass is 361 g/mol. The molecule has 1 heterocycles. The summed E-state index contributed by atoms with van der Waals surface area (Å²) in [5, 5.41) is 5.78. The van der Waals surface area contributed by atoms with E-state index in [0.29, 0.717) is 24.6 Å². The maximum absolute atomic E-state index is 12.0. The maximum Gasteiger partial charge on any atom is 0.317 e. The number of nitrogens with zero attached hydrogens (tertiary/aromatic N) is 1. The van der Waals surface area contributed by atoms with Gasteiger partial charge in [-0.2, -0.15) is 0 Å². The van der Waals surface area contributed by atoms with E-state index in [4.69, 9.17) is 4.74 Å². The molecular formula is C20H31N3O3. The summed E-state index contributed by atoms with van der Waals surface area (Å²) in [4.78, 5) is 25.9. The van der Waals surface area contributed by atoms with Gasteiger partial charge in [-0.1, -0.05) is 12.1 Å². The van der Waals surface area contributed by atoms with Gasteiger partial charge in [0.2, 0.25) is 0 Å². The Kier molecular flexibility index (Phi) is 7.91. The summed E-state index contributed by atoms with van der Waals surface area (Å²) >= 11 is 0. The average Bonchev–Trinajstić information content (AvgIpc) is 2.62. The standard InChI is InChI=1S/C20H31N3O3/c1-15(2)22-20(25)23-11-8-17(9-12-23)14-16-4-6-18(7-5-16)19(24)21-10-13-26-3/h4-7,15,17H,8-14H2,1-3H3,(H,21,24)(H,22,25). The fraction of sp³-hybridized carbons (Fsp3) is 0.600. The summed E-state index contributed by atoms with van der Waals surface area (Å²) in [5.41, 5.74) is 1.91. The minimum atomic E-state index is -0.0712. The predicted octanol–water partition coefficient (Wildman–Crippen LogP) is 2.44. The SMILES string of the molecule is COCCNC(=O)c1ccc(CC2CCN(C(=O)NC(C)C)CC2)cc1. The van der Waals surface area contributed by atoms with Crippen molar-refractivity contribution in [2.75, 3.05) is 33.4 Å². The topological polar surface area (TPSA) is 70.7 Å². The van der Waals surface area contributed by atoms with Gasteiger partial charge in [0.25, 0.3) is 5.91 Å². The van der Waals surface area contributed by atoms with Crippen LogP contribution >= 0.6 is 0 Å². The summed E-state index contributed by atoms with van der Waals surface area (Å²) in [7, 11) is 1.61. The van der Waals surface area contributed by atoms with Crippen LogP contribution in [0.25, 0.3) is 0 Å². The molecule has 3 amide bonds. The number of ether oxygens (including phenoxy) is 1. The van der Waals surface area contributed by atoms with Crippen molar-refractivity contribution < 1.29 is 14.3 Å². The second kappa shape index (κ2) is 10.2. The smallest absolute Gasteiger partial charge is 0.317 e. The minimum Gasteiger partial charge on any atom is -0.383 e. The van der Waals surface area contributed by atoms with E-state index in [1.165, 1.54) is 5.56 Å². The van der Waals surface area contributed by atoms with Crippen molar-refractivity contribution in [3.8, 4) is 0 Å². The van der Waals surface area contributed by atoms with Crippen LogP contribution in [0.2, 0.25) is 0 Å². The maximum atomic E-state index is 12.0. The van der Waals surface area contributed by atoms with Crippen LogP contribution in [-0.2, 0) is 11.2 Å². The molecule has 1 aromatic carbocycles. The molecule has 0 unspecified atom stereocenters. The van der Waals surface area contributed by atoms with Crippen LogP contribution in [0.15, 0.2) is 24.3 Å². The molecule has 26 heavy (non-hydrogen) atoms. The van der Waals surface area contributed by atoms with Crippen LogP contribution in [0.4, 0.5) is 4.79 Å². The molecule has 1 saturated heterocycles. The molecule has 0 saturated carbocycles. The first-order chi connectivity index (χ1) is 12.5. The zero-order chi connectivity index (χ0) is 18.9. The predicted molar refractivity (Wildman–Crippen MR) is 102 cm³/mol. The number of benzene rings is 1. The molecule has 0 bridgehead atoms. The Morgan fingerprint density at radius 1 is 1.19 bits per heavy atom. The number of likely N-dealkylation sites (tertiary alicyclic amines) is 1. The molecule has 0 spiro atoms. The molecule has 2 rings (SSSR count). The molecule has 6 heteroatoms. The van der Waals surface area contributed by atoms with Crippen molar-refractivity contribution in [2.24, 2.45) is 5.92 Å². The van der Waals surface area contributed by atoms with Crippen LogP contribution in [-0.4, -0.2) is 56.2 Å². The van der Waals surface area contributed by atoms with E-state index in [0.717, 1.165) is 32.4 Å². The minimum absolute atomic E-state index is 0.0438. The quantitative estimate of drug-likeness (QED) is 0.733. The summed E-state index contributed by atoms with van der Waals surface area (Å²) in [5.74, 6) is 0.512. The summed E-state index contributed by atoms with van der Waals surface area (Å²) in [6.07, 6.45) is 3.03. The molecular weight excluding hydrogens is 330 g/mol. The highest BCUT2D eigenvalue weighted by Gasteiger charge is 2.23. The number of urea groups is 1. The Bertz CT molecular complexity index is 578. The Labute approximate surface area is 156 Å². The Hall–Kier alpha value is -2.08. The van der Waals surface area contributed by atoms with Crippen molar-refractivity contribution >= 4 is 11.9 Å². The lowest BCUT2D eigenvalue weighted by Gasteiger charge is -2.32. The van der Waals surface area contributed by atoms with Crippen LogP contribution in [0.3, 0.4) is 0 Å². The first-order valence-corrected chi connectivity index (χ1v) is 9.41. The van der Waals surface area contributed by atoms with E-state index in [1.54, 1.807) is 7.11 Å². The fourth-order valence-corrected chi connectivity index (χ4v) is 3.17. The molecule has 0 radical (unpaired) electrons. The molecule has 0 aromatic heterocycles. The van der Waals surface area contributed by atoms with Crippen LogP contribution in [0, 0.1) is 5.92 Å². The van der Waals surface area contributed by atoms with E-state index in [9.17, 15) is 9.59 Å². The third-order valence-electron chi connectivity index (χ3n) is 4.65. The fourth-order valence-electron chi connectivity index (χ4n) is 3.17. The van der Waals surface area contributed by atoms with Gasteiger partial charge in [-0.3, -0.25) is 4.79 Å². The van der Waals surface area contributed by atoms with E-state index >= 15 is 0 Å². The van der Waals surface area contributed by atoms with Crippen molar-refractivity contribution in [1.82, 2.24) is 15.5 Å². The van der Waals surface area contributed by atoms with Crippen molar-refractivity contribution in [1.29, 1.82) is 0 Å². The zero-order valence-electron chi connectivity index (χ0n) is 16.1. The normalized spacial score (nSPS) is 15.2. The number of hydrogen-bond acceptors (Lipinski definition) is 3. The lowest BCUT2D eigenvalue weighted by Crippen LogP contribution is -2.46. The van der Waals surface area contributed by atoms with Crippen LogP contribution in [0.1, 0.15) is 42.6 Å². The van der Waals surface area contributed by atoms with Crippen LogP contribution < -0.4 is 10.6 Å². The summed E-state index contributed by atoms with van der Waals surface area (Å²) < 4.78 is 4.93. The molecule has 1 aromatic rings. The Morgan fingerprint density at radius 3 is 2.42 bits per heavy atom. The highest BCUT2D eigenvalue weighted by Crippen LogP contribution is 2.22. The van der Waals surface area contributed by atoms with E-state index in [2.05, 4.69) is 10.6 Å². The molecule has 144 valence electrons. The summed E-state index contributed by atoms with van der Waals surface area (Å²) in [6.45, 7) is 6.60. The number of nitrogens with one attached hydrogen (secondary N) is 2. The van der Waals surface area contributed by atoms with Gasteiger partial charge in [-0.05, 0) is 56.7 Å². The Balaban J connectivity index is 1.78. The second-order valence-electron chi connectivity index (χ2n) is 7.18. The number of carbonyl (C=O) groups is 2. The van der Waals surface area contributed by atoms with Gasteiger partial charge in [-0.25, -0.2) is 4.79 Å². The summed E-state index contributed by atoms with van der Waals surface area (Å²) in [6, 6.07) is 8.03. The van der Waals surface area contributed by atoms with Crippen molar-refractivity contribution in [3.63, 3.8) is 0 Å². The zero-order valence-corrected chi connectivity index (χ0v) is 16.1. The molecule has 2 N–H and O–H groups in total. The van der Waals surface area contributed by atoms with E-state index in [-0.39, 0.29) is 18.0 Å². The molecule has 1 aliphatic rings. The number of amides is 3. The molecule has 0 atom stereocenters. The Morgan fingerprint density at radius 2 is 1.85 bits per heavy atom. The van der Waals surface area contributed by atoms with Gasteiger partial charge in [0, 0.05) is 38.3 Å². The van der Waals surface area contributed by atoms with Gasteiger partial charge in [0.05, 0.1) is 6.61 Å². The van der Waals surface area contributed by atoms with Gasteiger partial charge in [0.1, 0.15) is 0 Å². The lowest BCUT2D eigenvalue weighted by molar-refractivity contribution is 0.0937. The lowest BCUT2D eigenvalue weighted by atomic mass is 9.90. The largest absolute Gasteiger partial charge is 0.383 e. The third-order valence-corrected chi connectivity index (χ3v) is 4.65. The van der Waals surface area contributed by atoms with Crippen molar-refractivity contribution in [3.05, 3.63) is 35.4 Å². The number of hydrogen-bond donors (Lipinski definition) is 2. The van der Waals surface area contributed by atoms with E-state index in [1.807, 2.05) is 43.0 Å². The molecule has 1 fully saturated rings.